The van der Waals surface area contributed by atoms with Gasteiger partial charge in [0.1, 0.15) is 18.1 Å². The Morgan fingerprint density at radius 3 is 1.67 bits per heavy atom. The molecule has 0 fully saturated rings. The lowest BCUT2D eigenvalue weighted by Gasteiger charge is -2.11. The minimum absolute atomic E-state index is 0.164. The average Bonchev–Trinajstić information content (AvgIpc) is 3.77. The number of ether oxygens (including phenoxy) is 3. The van der Waals surface area contributed by atoms with Gasteiger partial charge in [-0.1, -0.05) is 48.5 Å². The van der Waals surface area contributed by atoms with Gasteiger partial charge in [-0.05, 0) is 103 Å². The third-order valence-corrected chi connectivity index (χ3v) is 8.89. The van der Waals surface area contributed by atoms with Gasteiger partial charge in [0, 0.05) is 47.3 Å². The molecule has 1 N–H and O–H groups in total. The number of aromatic nitrogens is 2. The van der Waals surface area contributed by atoms with Gasteiger partial charge in [0.05, 0.1) is 29.9 Å². The number of carbonyl (C=O) groups is 2. The highest BCUT2D eigenvalue weighted by molar-refractivity contribution is 5.92. The van der Waals surface area contributed by atoms with Gasteiger partial charge < -0.3 is 28.5 Å². The minimum Gasteiger partial charge on any atom is -0.508 e. The van der Waals surface area contributed by atoms with Crippen LogP contribution >= 0.6 is 0 Å². The summed E-state index contributed by atoms with van der Waals surface area (Å²) in [5.74, 6) is 0.222. The number of benzene rings is 5. The van der Waals surface area contributed by atoms with E-state index in [-0.39, 0.29) is 24.3 Å². The number of nitrogens with zero attached hydrogens (tertiary/aromatic N) is 2. The van der Waals surface area contributed by atoms with Crippen LogP contribution in [0.2, 0.25) is 0 Å². The quantitative estimate of drug-likeness (QED) is 0.133. The Morgan fingerprint density at radius 2 is 1.15 bits per heavy atom. The van der Waals surface area contributed by atoms with E-state index in [2.05, 4.69) is 0 Å². The number of esters is 2. The highest BCUT2D eigenvalue weighted by atomic mass is 19.4. The molecule has 11 heteroatoms. The Bertz CT molecular complexity index is 2410. The summed E-state index contributed by atoms with van der Waals surface area (Å²) < 4.78 is 58.2. The van der Waals surface area contributed by atoms with Crippen molar-refractivity contribution in [3.63, 3.8) is 0 Å². The molecular weight excluding hydrogens is 709 g/mol. The normalized spacial score (nSPS) is 11.2. The summed E-state index contributed by atoms with van der Waals surface area (Å²) in [5.41, 5.74) is 4.84. The molecule has 0 saturated carbocycles. The number of phenols is 1. The molecule has 0 aliphatic heterocycles. The van der Waals surface area contributed by atoms with Crippen LogP contribution < -0.4 is 4.74 Å². The van der Waals surface area contributed by atoms with Crippen molar-refractivity contribution in [1.29, 1.82) is 0 Å². The average molecular weight is 749 g/mol. The fourth-order valence-corrected chi connectivity index (χ4v) is 6.19. The van der Waals surface area contributed by atoms with E-state index in [1.807, 2.05) is 94.3 Å². The molecule has 282 valence electrons. The van der Waals surface area contributed by atoms with E-state index < -0.39 is 11.7 Å². The summed E-state index contributed by atoms with van der Waals surface area (Å²) in [6.45, 7) is 5.49. The van der Waals surface area contributed by atoms with Crippen LogP contribution in [0.25, 0.3) is 21.8 Å². The van der Waals surface area contributed by atoms with Crippen molar-refractivity contribution in [2.24, 2.45) is 0 Å². The topological polar surface area (TPSA) is 91.9 Å². The molecule has 0 aliphatic carbocycles. The maximum absolute atomic E-state index is 12.7. The summed E-state index contributed by atoms with van der Waals surface area (Å²) >= 11 is 0. The number of fused-ring (bicyclic) bond motifs is 2. The second-order valence-corrected chi connectivity index (χ2v) is 12.6. The molecule has 55 heavy (non-hydrogen) atoms. The number of hydrogen-bond donors (Lipinski definition) is 1. The third kappa shape index (κ3) is 9.36. The third-order valence-electron chi connectivity index (χ3n) is 8.89. The molecule has 0 radical (unpaired) electrons. The van der Waals surface area contributed by atoms with E-state index in [4.69, 9.17) is 14.2 Å². The van der Waals surface area contributed by atoms with Crippen LogP contribution in [-0.2, 0) is 35.3 Å². The van der Waals surface area contributed by atoms with Gasteiger partial charge in [-0.3, -0.25) is 0 Å². The molecule has 0 amide bonds. The minimum atomic E-state index is -4.35. The van der Waals surface area contributed by atoms with Crippen molar-refractivity contribution in [3.05, 3.63) is 167 Å². The second kappa shape index (κ2) is 17.1. The van der Waals surface area contributed by atoms with Crippen LogP contribution in [0.5, 0.6) is 11.5 Å². The highest BCUT2D eigenvalue weighted by Crippen LogP contribution is 2.30. The lowest BCUT2D eigenvalue weighted by atomic mass is 10.1. The van der Waals surface area contributed by atoms with Crippen molar-refractivity contribution in [3.8, 4) is 11.5 Å². The highest BCUT2D eigenvalue weighted by Gasteiger charge is 2.30. The summed E-state index contributed by atoms with van der Waals surface area (Å²) in [7, 11) is 0. The van der Waals surface area contributed by atoms with E-state index >= 15 is 0 Å². The van der Waals surface area contributed by atoms with E-state index in [9.17, 15) is 27.9 Å². The van der Waals surface area contributed by atoms with Gasteiger partial charge in [0.25, 0.3) is 0 Å². The molecule has 0 aliphatic rings. The number of hydrogen-bond acceptors (Lipinski definition) is 6. The predicted molar refractivity (Wildman–Crippen MR) is 204 cm³/mol. The number of rotatable bonds is 11. The van der Waals surface area contributed by atoms with Crippen molar-refractivity contribution in [2.45, 2.75) is 39.7 Å². The van der Waals surface area contributed by atoms with Crippen LogP contribution in [0, 0.1) is 0 Å². The largest absolute Gasteiger partial charge is 0.508 e. The first kappa shape index (κ1) is 38.2. The van der Waals surface area contributed by atoms with Crippen molar-refractivity contribution in [1.82, 2.24) is 9.13 Å². The van der Waals surface area contributed by atoms with E-state index in [0.29, 0.717) is 48.7 Å². The van der Waals surface area contributed by atoms with Crippen LogP contribution in [0.4, 0.5) is 13.2 Å². The molecule has 7 rings (SSSR count). The monoisotopic (exact) mass is 748 g/mol. The smallest absolute Gasteiger partial charge is 0.416 e. The maximum atomic E-state index is 12.7. The molecule has 0 bridgehead atoms. The SMILES string of the molecule is CCOC(=O)c1ccccc1Cn1ccc2cc(O)ccc21.CCOC(=O)c1ccccc1Cn1ccc2cc(OCc3ccc(C(F)(F)F)cc3)ccc21. The molecule has 2 heterocycles. The zero-order valence-corrected chi connectivity index (χ0v) is 30.3. The molecule has 2 aromatic heterocycles. The fourth-order valence-electron chi connectivity index (χ4n) is 6.19. The first-order valence-electron chi connectivity index (χ1n) is 17.7. The van der Waals surface area contributed by atoms with Crippen LogP contribution in [-0.4, -0.2) is 39.4 Å². The zero-order chi connectivity index (χ0) is 39.0. The van der Waals surface area contributed by atoms with Gasteiger partial charge >= 0.3 is 18.1 Å². The summed E-state index contributed by atoms with van der Waals surface area (Å²) in [5, 5.41) is 11.5. The molecular formula is C44H39F3N2O6. The molecule has 5 aromatic carbocycles. The summed E-state index contributed by atoms with van der Waals surface area (Å²) in [6.07, 6.45) is -0.466. The van der Waals surface area contributed by atoms with Crippen LogP contribution in [0.3, 0.4) is 0 Å². The number of aromatic hydroxyl groups is 1. The predicted octanol–water partition coefficient (Wildman–Crippen LogP) is 10.0. The molecule has 8 nitrogen and oxygen atoms in total. The lowest BCUT2D eigenvalue weighted by molar-refractivity contribution is -0.137. The Kier molecular flexibility index (Phi) is 11.9. The Morgan fingerprint density at radius 1 is 0.636 bits per heavy atom. The summed E-state index contributed by atoms with van der Waals surface area (Å²) in [4.78, 5) is 24.3. The molecule has 0 atom stereocenters. The van der Waals surface area contributed by atoms with E-state index in [1.54, 1.807) is 38.1 Å². The number of carbonyl (C=O) groups excluding carboxylic acids is 2. The number of phenolic OH excluding ortho intramolecular Hbond substituents is 1. The molecule has 7 aromatic rings. The fraction of sp³-hybridized carbons (Fsp3) is 0.182. The van der Waals surface area contributed by atoms with Crippen molar-refractivity contribution in [2.75, 3.05) is 13.2 Å². The number of alkyl halides is 3. The van der Waals surface area contributed by atoms with Crippen molar-refractivity contribution >= 4 is 33.7 Å². The van der Waals surface area contributed by atoms with Gasteiger partial charge in [0.15, 0.2) is 0 Å². The van der Waals surface area contributed by atoms with Crippen molar-refractivity contribution < 1.29 is 42.1 Å². The summed E-state index contributed by atoms with van der Waals surface area (Å²) in [6, 6.07) is 34.5. The van der Waals surface area contributed by atoms with Gasteiger partial charge in [0.2, 0.25) is 0 Å². The number of halogens is 3. The first-order chi connectivity index (χ1) is 26.5. The Hall–Kier alpha value is -6.49. The van der Waals surface area contributed by atoms with Gasteiger partial charge in [-0.2, -0.15) is 13.2 Å². The van der Waals surface area contributed by atoms with E-state index in [1.165, 1.54) is 12.1 Å². The van der Waals surface area contributed by atoms with Gasteiger partial charge in [-0.15, -0.1) is 0 Å². The Labute approximate surface area is 315 Å². The molecule has 0 saturated heterocycles. The maximum Gasteiger partial charge on any atom is 0.416 e. The molecule has 0 unspecified atom stereocenters. The zero-order valence-electron chi connectivity index (χ0n) is 30.3. The Balaban J connectivity index is 0.000000203. The first-order valence-corrected chi connectivity index (χ1v) is 17.7. The van der Waals surface area contributed by atoms with Crippen LogP contribution in [0.15, 0.2) is 134 Å². The van der Waals surface area contributed by atoms with Gasteiger partial charge in [-0.25, -0.2) is 9.59 Å². The standard InChI is InChI=1S/C26H22F3NO3.C18H17NO3/c1-2-32-25(31)23-6-4-3-5-20(23)16-30-14-13-19-15-22(11-12-24(19)30)33-17-18-7-9-21(10-8-18)26(27,28)29;1-2-22-18(21)16-6-4-3-5-14(16)12-19-10-9-13-11-15(20)7-8-17(13)19/h3-15H,2,16-17H2,1H3;3-11,20H,2,12H2,1H3. The molecule has 0 spiro atoms. The second-order valence-electron chi connectivity index (χ2n) is 12.6. The van der Waals surface area contributed by atoms with Crippen LogP contribution in [0.1, 0.15) is 56.8 Å². The lowest BCUT2D eigenvalue weighted by Crippen LogP contribution is -2.10. The van der Waals surface area contributed by atoms with E-state index in [0.717, 1.165) is 45.1 Å².